The van der Waals surface area contributed by atoms with Crippen LogP contribution in [0.25, 0.3) is 6.08 Å². The Bertz CT molecular complexity index is 1240. The first kappa shape index (κ1) is 18.7. The summed E-state index contributed by atoms with van der Waals surface area (Å²) in [5.41, 5.74) is 1.01. The molecule has 29 heavy (non-hydrogen) atoms. The van der Waals surface area contributed by atoms with Crippen LogP contribution in [0, 0.1) is 0 Å². The topological polar surface area (TPSA) is 108 Å². The van der Waals surface area contributed by atoms with Crippen LogP contribution in [-0.2, 0) is 16.6 Å². The monoisotopic (exact) mass is 408 g/mol. The van der Waals surface area contributed by atoms with E-state index in [1.165, 1.54) is 42.6 Å². The zero-order valence-corrected chi connectivity index (χ0v) is 15.9. The molecular formula is C21H16N2O5S. The molecule has 0 spiro atoms. The third-order valence-electron chi connectivity index (χ3n) is 4.55. The van der Waals surface area contributed by atoms with Crippen molar-refractivity contribution in [2.45, 2.75) is 11.4 Å². The number of hydrogen-bond donors (Lipinski definition) is 2. The normalized spacial score (nSPS) is 16.6. The molecule has 3 aromatic rings. The molecule has 2 heterocycles. The fourth-order valence-corrected chi connectivity index (χ4v) is 4.77. The Balaban J connectivity index is 1.91. The molecule has 0 aliphatic carbocycles. The van der Waals surface area contributed by atoms with Gasteiger partial charge in [-0.05, 0) is 47.5 Å². The molecule has 0 radical (unpaired) electrons. The molecule has 146 valence electrons. The van der Waals surface area contributed by atoms with Crippen molar-refractivity contribution in [2.24, 2.45) is 0 Å². The zero-order chi connectivity index (χ0) is 20.6. The summed E-state index contributed by atoms with van der Waals surface area (Å²) in [5, 5.41) is 19.3. The first-order valence-electron chi connectivity index (χ1n) is 8.67. The number of carbonyl (C=O) groups is 1. The molecular weight excluding hydrogens is 392 g/mol. The Hall–Kier alpha value is -3.65. The van der Waals surface area contributed by atoms with Crippen molar-refractivity contribution in [1.82, 2.24) is 9.29 Å². The Kier molecular flexibility index (Phi) is 4.56. The van der Waals surface area contributed by atoms with Crippen molar-refractivity contribution in [2.75, 3.05) is 0 Å². The quantitative estimate of drug-likeness (QED) is 0.510. The van der Waals surface area contributed by atoms with E-state index in [4.69, 9.17) is 0 Å². The van der Waals surface area contributed by atoms with Gasteiger partial charge in [-0.3, -0.25) is 14.1 Å². The number of Topliss-reactive ketones (excluding diaryl/α,β-unsaturated/α-hetero) is 1. The van der Waals surface area contributed by atoms with Gasteiger partial charge in [0.25, 0.3) is 10.0 Å². The smallest absolute Gasteiger partial charge is 0.265 e. The minimum atomic E-state index is -4.00. The summed E-state index contributed by atoms with van der Waals surface area (Å²) in [6.07, 6.45) is 4.49. The van der Waals surface area contributed by atoms with Crippen LogP contribution < -0.4 is 0 Å². The molecule has 0 unspecified atom stereocenters. The molecule has 1 aromatic heterocycles. The predicted molar refractivity (Wildman–Crippen MR) is 105 cm³/mol. The molecule has 0 fully saturated rings. The van der Waals surface area contributed by atoms with Crippen LogP contribution in [0.15, 0.2) is 77.6 Å². The highest BCUT2D eigenvalue weighted by Crippen LogP contribution is 2.35. The summed E-state index contributed by atoms with van der Waals surface area (Å²) < 4.78 is 27.6. The molecule has 7 nitrogen and oxygen atoms in total. The number of phenolic OH excluding ortho intramolecular Hbond substituents is 2. The van der Waals surface area contributed by atoms with Gasteiger partial charge in [-0.2, -0.15) is 0 Å². The Morgan fingerprint density at radius 1 is 1.00 bits per heavy atom. The van der Waals surface area contributed by atoms with Gasteiger partial charge in [-0.25, -0.2) is 8.42 Å². The third-order valence-corrected chi connectivity index (χ3v) is 6.37. The minimum absolute atomic E-state index is 0.0559. The maximum absolute atomic E-state index is 13.3. The molecule has 0 amide bonds. The highest BCUT2D eigenvalue weighted by molar-refractivity contribution is 7.89. The van der Waals surface area contributed by atoms with Gasteiger partial charge in [0.05, 0.1) is 11.4 Å². The lowest BCUT2D eigenvalue weighted by Crippen LogP contribution is -2.38. The Morgan fingerprint density at radius 3 is 2.52 bits per heavy atom. The number of pyridine rings is 1. The molecule has 1 aliphatic rings. The van der Waals surface area contributed by atoms with Crippen molar-refractivity contribution in [3.63, 3.8) is 0 Å². The van der Waals surface area contributed by atoms with Crippen molar-refractivity contribution < 1.29 is 23.4 Å². The van der Waals surface area contributed by atoms with E-state index in [1.807, 2.05) is 0 Å². The third kappa shape index (κ3) is 3.34. The molecule has 0 saturated heterocycles. The number of nitrogens with zero attached hydrogens (tertiary/aromatic N) is 2. The van der Waals surface area contributed by atoms with E-state index in [1.54, 1.807) is 30.5 Å². The summed E-state index contributed by atoms with van der Waals surface area (Å²) in [6.45, 7) is -0.0772. The number of benzene rings is 2. The predicted octanol–water partition coefficient (Wildman–Crippen LogP) is 2.92. The van der Waals surface area contributed by atoms with Gasteiger partial charge in [-0.1, -0.05) is 24.3 Å². The summed E-state index contributed by atoms with van der Waals surface area (Å²) in [4.78, 5) is 17.1. The SMILES string of the molecule is O=C1/C(=C\c2ccc(O)c(O)c2)N(Cc2cccnc2)S(=O)(=O)c2ccccc21. The summed E-state index contributed by atoms with van der Waals surface area (Å²) >= 11 is 0. The lowest BCUT2D eigenvalue weighted by atomic mass is 10.0. The minimum Gasteiger partial charge on any atom is -0.504 e. The van der Waals surface area contributed by atoms with Gasteiger partial charge in [0.15, 0.2) is 11.5 Å². The van der Waals surface area contributed by atoms with E-state index in [-0.39, 0.29) is 34.2 Å². The molecule has 2 aromatic carbocycles. The van der Waals surface area contributed by atoms with Gasteiger partial charge in [0.2, 0.25) is 5.78 Å². The van der Waals surface area contributed by atoms with Crippen molar-refractivity contribution in [3.8, 4) is 11.5 Å². The maximum atomic E-state index is 13.3. The number of aromatic hydroxyl groups is 2. The van der Waals surface area contributed by atoms with Crippen molar-refractivity contribution in [1.29, 1.82) is 0 Å². The van der Waals surface area contributed by atoms with E-state index in [0.29, 0.717) is 11.1 Å². The first-order valence-corrected chi connectivity index (χ1v) is 10.1. The van der Waals surface area contributed by atoms with Crippen LogP contribution in [-0.4, -0.2) is 33.7 Å². The molecule has 1 aliphatic heterocycles. The Morgan fingerprint density at radius 2 is 1.79 bits per heavy atom. The highest BCUT2D eigenvalue weighted by Gasteiger charge is 2.39. The summed E-state index contributed by atoms with van der Waals surface area (Å²) in [6, 6.07) is 13.5. The van der Waals surface area contributed by atoms with Gasteiger partial charge in [-0.15, -0.1) is 0 Å². The lowest BCUT2D eigenvalue weighted by Gasteiger charge is -2.31. The number of ketones is 1. The van der Waals surface area contributed by atoms with E-state index < -0.39 is 15.8 Å². The highest BCUT2D eigenvalue weighted by atomic mass is 32.2. The molecule has 2 N–H and O–H groups in total. The van der Waals surface area contributed by atoms with E-state index in [9.17, 15) is 23.4 Å². The average Bonchev–Trinajstić information content (AvgIpc) is 2.72. The van der Waals surface area contributed by atoms with Crippen LogP contribution in [0.1, 0.15) is 21.5 Å². The zero-order valence-electron chi connectivity index (χ0n) is 15.1. The van der Waals surface area contributed by atoms with Gasteiger partial charge in [0.1, 0.15) is 5.70 Å². The number of sulfonamides is 1. The van der Waals surface area contributed by atoms with E-state index in [2.05, 4.69) is 4.98 Å². The van der Waals surface area contributed by atoms with Crippen LogP contribution in [0.4, 0.5) is 0 Å². The average molecular weight is 408 g/mol. The number of carbonyl (C=O) groups excluding carboxylic acids is 1. The number of rotatable bonds is 3. The molecule has 8 heteroatoms. The second-order valence-corrected chi connectivity index (χ2v) is 8.31. The second kappa shape index (κ2) is 7.06. The molecule has 0 atom stereocenters. The molecule has 0 saturated carbocycles. The van der Waals surface area contributed by atoms with Crippen LogP contribution in [0.5, 0.6) is 11.5 Å². The molecule has 4 rings (SSSR count). The van der Waals surface area contributed by atoms with Crippen LogP contribution >= 0.6 is 0 Å². The fourth-order valence-electron chi connectivity index (χ4n) is 3.13. The fraction of sp³-hybridized carbons (Fsp3) is 0.0476. The number of aromatic nitrogens is 1. The van der Waals surface area contributed by atoms with E-state index in [0.717, 1.165) is 4.31 Å². The number of hydrogen-bond acceptors (Lipinski definition) is 6. The lowest BCUT2D eigenvalue weighted by molar-refractivity contribution is 0.100. The summed E-state index contributed by atoms with van der Waals surface area (Å²) in [5.74, 6) is -1.14. The number of fused-ring (bicyclic) bond motifs is 1. The first-order chi connectivity index (χ1) is 13.9. The van der Waals surface area contributed by atoms with Gasteiger partial charge in [0, 0.05) is 18.0 Å². The van der Waals surface area contributed by atoms with Crippen molar-refractivity contribution in [3.05, 3.63) is 89.4 Å². The maximum Gasteiger partial charge on any atom is 0.265 e. The van der Waals surface area contributed by atoms with Gasteiger partial charge < -0.3 is 10.2 Å². The van der Waals surface area contributed by atoms with Crippen LogP contribution in [0.3, 0.4) is 0 Å². The summed E-state index contributed by atoms with van der Waals surface area (Å²) in [7, 11) is -4.00. The Labute approximate surface area is 167 Å². The second-order valence-electron chi connectivity index (χ2n) is 6.48. The van der Waals surface area contributed by atoms with E-state index >= 15 is 0 Å². The number of phenols is 2. The molecule has 0 bridgehead atoms. The largest absolute Gasteiger partial charge is 0.504 e. The van der Waals surface area contributed by atoms with Gasteiger partial charge >= 0.3 is 0 Å². The number of allylic oxidation sites excluding steroid dienone is 1. The van der Waals surface area contributed by atoms with Crippen LogP contribution in [0.2, 0.25) is 0 Å². The standard InChI is InChI=1S/C21H16N2O5S/c24-18-8-7-14(11-19(18)25)10-17-21(26)16-5-1-2-6-20(16)29(27,28)23(17)13-15-4-3-9-22-12-15/h1-12,24-25H,13H2/b17-10+. The van der Waals surface area contributed by atoms with Crippen molar-refractivity contribution >= 4 is 21.9 Å².